The van der Waals surface area contributed by atoms with Gasteiger partial charge in [0.15, 0.2) is 0 Å². The van der Waals surface area contributed by atoms with Crippen molar-refractivity contribution in [3.63, 3.8) is 0 Å². The number of aromatic amines is 1. The minimum absolute atomic E-state index is 1.17. The van der Waals surface area contributed by atoms with Crippen molar-refractivity contribution in [1.82, 2.24) is 9.97 Å². The summed E-state index contributed by atoms with van der Waals surface area (Å²) in [5.74, 6) is 0. The molecule has 0 unspecified atom stereocenters. The lowest BCUT2D eigenvalue weighted by atomic mass is 10.0. The quantitative estimate of drug-likeness (QED) is 0.149. The fourth-order valence-corrected chi connectivity index (χ4v) is 4.88. The maximum Gasteiger partial charge on any atom is 0.0925 e. The van der Waals surface area contributed by atoms with Gasteiger partial charge in [-0.25, -0.2) is 4.98 Å². The first-order valence-corrected chi connectivity index (χ1v) is 14.9. The number of nitrogens with one attached hydrogen (secondary N) is 1. The van der Waals surface area contributed by atoms with Crippen molar-refractivity contribution >= 4 is 0 Å². The Morgan fingerprint density at radius 1 is 0.469 bits per heavy atom. The van der Waals surface area contributed by atoms with E-state index >= 15 is 0 Å². The van der Waals surface area contributed by atoms with Crippen LogP contribution in [0.3, 0.4) is 0 Å². The molecule has 0 fully saturated rings. The van der Waals surface area contributed by atoms with E-state index in [2.05, 4.69) is 23.8 Å². The Kier molecular flexibility index (Phi) is 21.4. The molecule has 0 bridgehead atoms. The second-order valence-electron chi connectivity index (χ2n) is 10.3. The van der Waals surface area contributed by atoms with E-state index in [1.807, 2.05) is 6.33 Å². The van der Waals surface area contributed by atoms with Crippen molar-refractivity contribution in [3.8, 4) is 0 Å². The van der Waals surface area contributed by atoms with Gasteiger partial charge < -0.3 is 4.98 Å². The summed E-state index contributed by atoms with van der Waals surface area (Å²) in [6.45, 7) is 4.59. The van der Waals surface area contributed by atoms with E-state index in [0.29, 0.717) is 0 Å². The summed E-state index contributed by atoms with van der Waals surface area (Å²) in [5, 5.41) is 0. The van der Waals surface area contributed by atoms with Gasteiger partial charge in [-0.15, -0.1) is 0 Å². The minimum atomic E-state index is 1.17. The minimum Gasteiger partial charge on any atom is -0.348 e. The summed E-state index contributed by atoms with van der Waals surface area (Å²) in [4.78, 5) is 8.00. The summed E-state index contributed by atoms with van der Waals surface area (Å²) in [6.07, 6.45) is 37.0. The second-order valence-corrected chi connectivity index (χ2v) is 10.3. The molecule has 188 valence electrons. The number of hydrogen-bond donors (Lipinski definition) is 1. The molecular weight excluding hydrogens is 388 g/mol. The van der Waals surface area contributed by atoms with E-state index < -0.39 is 0 Å². The van der Waals surface area contributed by atoms with Crippen molar-refractivity contribution in [2.24, 2.45) is 0 Å². The SMILES string of the molecule is CCCCCCCCCCCCCCCCCCCc1[nH]cnc1CCCCCCCC. The second kappa shape index (κ2) is 23.4. The van der Waals surface area contributed by atoms with Crippen LogP contribution in [0.25, 0.3) is 0 Å². The fraction of sp³-hybridized carbons (Fsp3) is 0.900. The Morgan fingerprint density at radius 2 is 0.812 bits per heavy atom. The van der Waals surface area contributed by atoms with Gasteiger partial charge in [0.05, 0.1) is 12.0 Å². The summed E-state index contributed by atoms with van der Waals surface area (Å²) < 4.78 is 0. The number of imidazole rings is 1. The summed E-state index contributed by atoms with van der Waals surface area (Å²) >= 11 is 0. The fourth-order valence-electron chi connectivity index (χ4n) is 4.88. The van der Waals surface area contributed by atoms with Gasteiger partial charge in [0, 0.05) is 5.69 Å². The monoisotopic (exact) mass is 446 g/mol. The number of rotatable bonds is 25. The molecule has 0 radical (unpaired) electrons. The van der Waals surface area contributed by atoms with E-state index in [0.717, 1.165) is 0 Å². The van der Waals surface area contributed by atoms with Crippen LogP contribution in [-0.2, 0) is 12.8 Å². The molecule has 0 aliphatic carbocycles. The molecule has 2 heteroatoms. The van der Waals surface area contributed by atoms with Crippen molar-refractivity contribution < 1.29 is 0 Å². The number of unbranched alkanes of at least 4 members (excludes halogenated alkanes) is 21. The number of aryl methyl sites for hydroxylation is 2. The van der Waals surface area contributed by atoms with E-state index in [1.54, 1.807) is 0 Å². The third-order valence-corrected chi connectivity index (χ3v) is 7.10. The highest BCUT2D eigenvalue weighted by Crippen LogP contribution is 2.16. The largest absolute Gasteiger partial charge is 0.348 e. The molecule has 0 aromatic carbocycles. The maximum absolute atomic E-state index is 4.59. The molecule has 0 spiro atoms. The highest BCUT2D eigenvalue weighted by atomic mass is 14.9. The van der Waals surface area contributed by atoms with Crippen LogP contribution in [-0.4, -0.2) is 9.97 Å². The number of hydrogen-bond acceptors (Lipinski definition) is 1. The molecule has 1 rings (SSSR count). The van der Waals surface area contributed by atoms with E-state index in [4.69, 9.17) is 0 Å². The molecule has 1 aromatic heterocycles. The molecule has 1 N–H and O–H groups in total. The van der Waals surface area contributed by atoms with Crippen molar-refractivity contribution in [3.05, 3.63) is 17.7 Å². The molecule has 32 heavy (non-hydrogen) atoms. The number of H-pyrrole nitrogens is 1. The third-order valence-electron chi connectivity index (χ3n) is 7.10. The smallest absolute Gasteiger partial charge is 0.0925 e. The van der Waals surface area contributed by atoms with E-state index in [-0.39, 0.29) is 0 Å². The molecule has 1 aromatic rings. The van der Waals surface area contributed by atoms with Gasteiger partial charge in [0.25, 0.3) is 0 Å². The van der Waals surface area contributed by atoms with Crippen molar-refractivity contribution in [2.45, 2.75) is 174 Å². The molecule has 0 saturated heterocycles. The van der Waals surface area contributed by atoms with E-state index in [9.17, 15) is 0 Å². The predicted molar refractivity (Wildman–Crippen MR) is 144 cm³/mol. The summed E-state index contributed by atoms with van der Waals surface area (Å²) in [5.41, 5.74) is 2.76. The van der Waals surface area contributed by atoms with Crippen molar-refractivity contribution in [1.29, 1.82) is 0 Å². The Morgan fingerprint density at radius 3 is 1.22 bits per heavy atom. The Balaban J connectivity index is 1.83. The van der Waals surface area contributed by atoms with Crippen LogP contribution in [0.2, 0.25) is 0 Å². The Bertz CT molecular complexity index is 479. The highest BCUT2D eigenvalue weighted by Gasteiger charge is 2.05. The van der Waals surface area contributed by atoms with Gasteiger partial charge in [-0.05, 0) is 25.7 Å². The molecular formula is C30H58N2. The van der Waals surface area contributed by atoms with Crippen LogP contribution >= 0.6 is 0 Å². The topological polar surface area (TPSA) is 28.7 Å². The molecule has 2 nitrogen and oxygen atoms in total. The highest BCUT2D eigenvalue weighted by molar-refractivity contribution is 5.11. The summed E-state index contributed by atoms with van der Waals surface area (Å²) in [6, 6.07) is 0. The summed E-state index contributed by atoms with van der Waals surface area (Å²) in [7, 11) is 0. The molecule has 0 aliphatic rings. The van der Waals surface area contributed by atoms with Gasteiger partial charge in [0.2, 0.25) is 0 Å². The molecule has 1 heterocycles. The van der Waals surface area contributed by atoms with Gasteiger partial charge in [-0.1, -0.05) is 149 Å². The Labute approximate surface area is 202 Å². The van der Waals surface area contributed by atoms with Crippen LogP contribution in [0.4, 0.5) is 0 Å². The third kappa shape index (κ3) is 17.7. The Hall–Kier alpha value is -0.790. The lowest BCUT2D eigenvalue weighted by Crippen LogP contribution is -1.95. The first-order chi connectivity index (χ1) is 15.9. The normalized spacial score (nSPS) is 11.4. The first kappa shape index (κ1) is 29.2. The number of aromatic nitrogens is 2. The van der Waals surface area contributed by atoms with Gasteiger partial charge in [-0.3, -0.25) is 0 Å². The predicted octanol–water partition coefficient (Wildman–Crippen LogP) is 10.5. The van der Waals surface area contributed by atoms with E-state index in [1.165, 1.54) is 172 Å². The lowest BCUT2D eigenvalue weighted by molar-refractivity contribution is 0.527. The average Bonchev–Trinajstić information content (AvgIpc) is 3.25. The lowest BCUT2D eigenvalue weighted by Gasteiger charge is -2.05. The standard InChI is InChI=1S/C30H58N2/c1-3-5-7-9-11-12-13-14-15-16-17-18-19-20-21-23-25-27-30-29(31-28-32-30)26-24-22-10-8-6-4-2/h28H,3-27H2,1-2H3,(H,31,32). The van der Waals surface area contributed by atoms with Crippen LogP contribution in [0, 0.1) is 0 Å². The van der Waals surface area contributed by atoms with Crippen LogP contribution in [0.5, 0.6) is 0 Å². The molecule has 0 atom stereocenters. The zero-order chi connectivity index (χ0) is 23.0. The van der Waals surface area contributed by atoms with Gasteiger partial charge >= 0.3 is 0 Å². The zero-order valence-electron chi connectivity index (χ0n) is 22.2. The molecule has 0 saturated carbocycles. The van der Waals surface area contributed by atoms with Crippen LogP contribution < -0.4 is 0 Å². The zero-order valence-corrected chi connectivity index (χ0v) is 22.2. The average molecular weight is 447 g/mol. The molecule has 0 aliphatic heterocycles. The van der Waals surface area contributed by atoms with Crippen LogP contribution in [0.1, 0.15) is 173 Å². The first-order valence-electron chi connectivity index (χ1n) is 14.9. The number of nitrogens with zero attached hydrogens (tertiary/aromatic N) is 1. The van der Waals surface area contributed by atoms with Crippen LogP contribution in [0.15, 0.2) is 6.33 Å². The van der Waals surface area contributed by atoms with Crippen molar-refractivity contribution in [2.75, 3.05) is 0 Å². The van der Waals surface area contributed by atoms with Gasteiger partial charge in [0.1, 0.15) is 0 Å². The maximum atomic E-state index is 4.59. The molecule has 0 amide bonds. The van der Waals surface area contributed by atoms with Gasteiger partial charge in [-0.2, -0.15) is 0 Å².